The summed E-state index contributed by atoms with van der Waals surface area (Å²) in [6.45, 7) is 4.73. The maximum atomic E-state index is 12.6. The van der Waals surface area contributed by atoms with Gasteiger partial charge in [-0.2, -0.15) is 4.31 Å². The van der Waals surface area contributed by atoms with Gasteiger partial charge in [0.2, 0.25) is 20.0 Å². The predicted octanol–water partition coefficient (Wildman–Crippen LogP) is 1.42. The molecule has 0 saturated carbocycles. The second-order valence-electron chi connectivity index (χ2n) is 7.19. The van der Waals surface area contributed by atoms with Crippen molar-refractivity contribution in [1.82, 2.24) is 13.9 Å². The molecule has 3 rings (SSSR count). The summed E-state index contributed by atoms with van der Waals surface area (Å²) in [6, 6.07) is 15.9. The number of aryl methyl sites for hydroxylation is 1. The highest BCUT2D eigenvalue weighted by Gasteiger charge is 2.27. The molecule has 1 heterocycles. The summed E-state index contributed by atoms with van der Waals surface area (Å²) in [5, 5.41) is 0. The van der Waals surface area contributed by atoms with E-state index in [2.05, 4.69) is 9.62 Å². The fourth-order valence-electron chi connectivity index (χ4n) is 3.25. The predicted molar refractivity (Wildman–Crippen MR) is 113 cm³/mol. The van der Waals surface area contributed by atoms with E-state index in [0.717, 1.165) is 11.1 Å². The maximum Gasteiger partial charge on any atom is 0.240 e. The molecule has 1 aliphatic rings. The smallest absolute Gasteiger partial charge is 0.240 e. The summed E-state index contributed by atoms with van der Waals surface area (Å²) < 4.78 is 54.0. The number of hydrogen-bond acceptors (Lipinski definition) is 5. The zero-order valence-electron chi connectivity index (χ0n) is 16.5. The SMILES string of the molecule is Cc1ccc(S(=O)(=O)NCCN2CCN(S(=O)(=O)Cc3ccccc3)CC2)cc1. The Morgan fingerprint density at radius 2 is 1.48 bits per heavy atom. The van der Waals surface area contributed by atoms with Gasteiger partial charge in [-0.3, -0.25) is 4.90 Å². The summed E-state index contributed by atoms with van der Waals surface area (Å²) in [5.74, 6) is 0.00416. The van der Waals surface area contributed by atoms with E-state index < -0.39 is 20.0 Å². The van der Waals surface area contributed by atoms with Gasteiger partial charge in [-0.05, 0) is 24.6 Å². The Labute approximate surface area is 173 Å². The van der Waals surface area contributed by atoms with E-state index in [1.54, 1.807) is 24.3 Å². The highest BCUT2D eigenvalue weighted by Crippen LogP contribution is 2.14. The maximum absolute atomic E-state index is 12.6. The molecule has 0 bridgehead atoms. The van der Waals surface area contributed by atoms with E-state index in [-0.39, 0.29) is 17.2 Å². The van der Waals surface area contributed by atoms with Crippen LogP contribution >= 0.6 is 0 Å². The quantitative estimate of drug-likeness (QED) is 0.675. The molecule has 7 nitrogen and oxygen atoms in total. The van der Waals surface area contributed by atoms with Crippen molar-refractivity contribution in [3.8, 4) is 0 Å². The molecule has 0 radical (unpaired) electrons. The lowest BCUT2D eigenvalue weighted by Crippen LogP contribution is -2.50. The largest absolute Gasteiger partial charge is 0.299 e. The topological polar surface area (TPSA) is 86.8 Å². The average Bonchev–Trinajstić information content (AvgIpc) is 2.69. The van der Waals surface area contributed by atoms with Gasteiger partial charge in [0, 0.05) is 39.3 Å². The number of nitrogens with zero attached hydrogens (tertiary/aromatic N) is 2. The van der Waals surface area contributed by atoms with Crippen LogP contribution in [-0.2, 0) is 25.8 Å². The molecule has 0 atom stereocenters. The normalized spacial score (nSPS) is 16.7. The molecule has 0 amide bonds. The Hall–Kier alpha value is -1.78. The number of sulfonamides is 2. The molecule has 0 aromatic heterocycles. The molecule has 9 heteroatoms. The molecule has 2 aromatic carbocycles. The Kier molecular flexibility index (Phi) is 7.07. The van der Waals surface area contributed by atoms with Gasteiger partial charge in [0.05, 0.1) is 10.6 Å². The van der Waals surface area contributed by atoms with Crippen LogP contribution in [-0.4, -0.2) is 65.3 Å². The van der Waals surface area contributed by atoms with Crippen LogP contribution in [0.5, 0.6) is 0 Å². The number of benzene rings is 2. The Bertz CT molecular complexity index is 999. The summed E-state index contributed by atoms with van der Waals surface area (Å²) in [4.78, 5) is 2.33. The molecular formula is C20H27N3O4S2. The Morgan fingerprint density at radius 3 is 2.10 bits per heavy atom. The van der Waals surface area contributed by atoms with Crippen molar-refractivity contribution in [1.29, 1.82) is 0 Å². The molecule has 29 heavy (non-hydrogen) atoms. The van der Waals surface area contributed by atoms with Gasteiger partial charge in [0.25, 0.3) is 0 Å². The van der Waals surface area contributed by atoms with Crippen LogP contribution in [0.25, 0.3) is 0 Å². The third-order valence-corrected chi connectivity index (χ3v) is 8.29. The van der Waals surface area contributed by atoms with Crippen LogP contribution < -0.4 is 4.72 Å². The van der Waals surface area contributed by atoms with Gasteiger partial charge in [-0.15, -0.1) is 0 Å². The van der Waals surface area contributed by atoms with Gasteiger partial charge < -0.3 is 0 Å². The van der Waals surface area contributed by atoms with Crippen molar-refractivity contribution < 1.29 is 16.8 Å². The number of nitrogens with one attached hydrogen (secondary N) is 1. The van der Waals surface area contributed by atoms with Crippen molar-refractivity contribution in [3.63, 3.8) is 0 Å². The first kappa shape index (κ1) is 21.9. The minimum absolute atomic E-state index is 0.00416. The monoisotopic (exact) mass is 437 g/mol. The first-order valence-electron chi connectivity index (χ1n) is 9.57. The van der Waals surface area contributed by atoms with Gasteiger partial charge in [-0.1, -0.05) is 48.0 Å². The van der Waals surface area contributed by atoms with E-state index in [9.17, 15) is 16.8 Å². The Morgan fingerprint density at radius 1 is 0.862 bits per heavy atom. The molecule has 2 aromatic rings. The first-order valence-corrected chi connectivity index (χ1v) is 12.7. The van der Waals surface area contributed by atoms with Crippen LogP contribution in [0.1, 0.15) is 11.1 Å². The molecule has 1 aliphatic heterocycles. The third-order valence-electron chi connectivity index (χ3n) is 4.97. The first-order chi connectivity index (χ1) is 13.8. The molecule has 0 aliphatic carbocycles. The van der Waals surface area contributed by atoms with Gasteiger partial charge >= 0.3 is 0 Å². The molecular weight excluding hydrogens is 410 g/mol. The number of rotatable bonds is 8. The van der Waals surface area contributed by atoms with Crippen molar-refractivity contribution in [3.05, 3.63) is 65.7 Å². The van der Waals surface area contributed by atoms with E-state index >= 15 is 0 Å². The van der Waals surface area contributed by atoms with Crippen LogP contribution in [0.4, 0.5) is 0 Å². The lowest BCUT2D eigenvalue weighted by molar-refractivity contribution is 0.191. The van der Waals surface area contributed by atoms with E-state index in [4.69, 9.17) is 0 Å². The second kappa shape index (κ2) is 9.36. The number of hydrogen-bond donors (Lipinski definition) is 1. The zero-order chi connectivity index (χ0) is 20.9. The summed E-state index contributed by atoms with van der Waals surface area (Å²) in [7, 11) is -6.88. The minimum atomic E-state index is -3.53. The zero-order valence-corrected chi connectivity index (χ0v) is 18.1. The van der Waals surface area contributed by atoms with Crippen LogP contribution in [0, 0.1) is 6.92 Å². The summed E-state index contributed by atoms with van der Waals surface area (Å²) in [6.07, 6.45) is 0. The minimum Gasteiger partial charge on any atom is -0.299 e. The summed E-state index contributed by atoms with van der Waals surface area (Å²) in [5.41, 5.74) is 1.78. The van der Waals surface area contributed by atoms with Gasteiger partial charge in [0.1, 0.15) is 0 Å². The fourth-order valence-corrected chi connectivity index (χ4v) is 5.78. The molecule has 1 fully saturated rings. The average molecular weight is 438 g/mol. The highest BCUT2D eigenvalue weighted by atomic mass is 32.2. The van der Waals surface area contributed by atoms with E-state index in [0.29, 0.717) is 32.7 Å². The highest BCUT2D eigenvalue weighted by molar-refractivity contribution is 7.89. The molecule has 0 unspecified atom stereocenters. The van der Waals surface area contributed by atoms with Crippen LogP contribution in [0.15, 0.2) is 59.5 Å². The van der Waals surface area contributed by atoms with Crippen LogP contribution in [0.3, 0.4) is 0 Å². The Balaban J connectivity index is 1.45. The van der Waals surface area contributed by atoms with E-state index in [1.165, 1.54) is 4.31 Å². The van der Waals surface area contributed by atoms with Gasteiger partial charge in [-0.25, -0.2) is 21.6 Å². The van der Waals surface area contributed by atoms with Crippen molar-refractivity contribution in [2.45, 2.75) is 17.6 Å². The van der Waals surface area contributed by atoms with Gasteiger partial charge in [0.15, 0.2) is 0 Å². The van der Waals surface area contributed by atoms with Crippen molar-refractivity contribution in [2.75, 3.05) is 39.3 Å². The summed E-state index contributed by atoms with van der Waals surface area (Å²) >= 11 is 0. The van der Waals surface area contributed by atoms with Crippen LogP contribution in [0.2, 0.25) is 0 Å². The number of piperazine rings is 1. The lowest BCUT2D eigenvalue weighted by Gasteiger charge is -2.34. The van der Waals surface area contributed by atoms with Crippen molar-refractivity contribution in [2.24, 2.45) is 0 Å². The third kappa shape index (κ3) is 6.10. The van der Waals surface area contributed by atoms with E-state index in [1.807, 2.05) is 37.3 Å². The lowest BCUT2D eigenvalue weighted by atomic mass is 10.2. The molecule has 1 saturated heterocycles. The molecule has 158 valence electrons. The fraction of sp³-hybridized carbons (Fsp3) is 0.400. The van der Waals surface area contributed by atoms with Crippen molar-refractivity contribution >= 4 is 20.0 Å². The molecule has 1 N–H and O–H groups in total. The molecule has 0 spiro atoms. The standard InChI is InChI=1S/C20H27N3O4S2/c1-18-7-9-20(10-8-18)29(26,27)21-11-12-22-13-15-23(16-14-22)28(24,25)17-19-5-3-2-4-6-19/h2-10,21H,11-17H2,1H3. The second-order valence-corrected chi connectivity index (χ2v) is 10.9.